The summed E-state index contributed by atoms with van der Waals surface area (Å²) in [4.78, 5) is 14.1. The van der Waals surface area contributed by atoms with Gasteiger partial charge in [0.15, 0.2) is 0 Å². The van der Waals surface area contributed by atoms with Crippen molar-refractivity contribution < 1.29 is 9.53 Å². The van der Waals surface area contributed by atoms with Crippen molar-refractivity contribution in [2.24, 2.45) is 11.8 Å². The molecule has 2 unspecified atom stereocenters. The molecule has 1 heterocycles. The fourth-order valence-electron chi connectivity index (χ4n) is 3.03. The van der Waals surface area contributed by atoms with Crippen molar-refractivity contribution >= 4 is 11.8 Å². The van der Waals surface area contributed by atoms with Gasteiger partial charge in [-0.25, -0.2) is 4.79 Å². The molecule has 4 nitrogen and oxygen atoms in total. The van der Waals surface area contributed by atoms with Gasteiger partial charge in [0.1, 0.15) is 5.60 Å². The molecule has 0 radical (unpaired) electrons. The normalized spacial score (nSPS) is 27.9. The molecule has 108 valence electrons. The summed E-state index contributed by atoms with van der Waals surface area (Å²) in [5.74, 6) is 1.14. The summed E-state index contributed by atoms with van der Waals surface area (Å²) >= 11 is 0. The van der Waals surface area contributed by atoms with E-state index in [1.54, 1.807) is 0 Å². The number of hydrogen-bond donors (Lipinski definition) is 1. The molecule has 4 heteroatoms. The highest BCUT2D eigenvalue weighted by Gasteiger charge is 2.56. The van der Waals surface area contributed by atoms with E-state index >= 15 is 0 Å². The number of fused-ring (bicyclic) bond motifs is 1. The van der Waals surface area contributed by atoms with Crippen LogP contribution in [0.4, 0.5) is 10.5 Å². The number of carbonyl (C=O) groups is 1. The Morgan fingerprint density at radius 2 is 1.80 bits per heavy atom. The molecular weight excluding hydrogens is 252 g/mol. The summed E-state index contributed by atoms with van der Waals surface area (Å²) in [5.41, 5.74) is 0.847. The Hall–Kier alpha value is -1.71. The SMILES string of the molecule is CC(C)(C)OC(=O)NC1C2CN(c3ccccc3)CC21. The van der Waals surface area contributed by atoms with Crippen molar-refractivity contribution in [3.8, 4) is 0 Å². The van der Waals surface area contributed by atoms with Crippen LogP contribution < -0.4 is 10.2 Å². The minimum atomic E-state index is -0.426. The number of nitrogens with one attached hydrogen (secondary N) is 1. The lowest BCUT2D eigenvalue weighted by molar-refractivity contribution is 0.0518. The first-order valence-corrected chi connectivity index (χ1v) is 7.23. The van der Waals surface area contributed by atoms with Gasteiger partial charge in [0.05, 0.1) is 0 Å². The molecule has 0 bridgehead atoms. The molecule has 20 heavy (non-hydrogen) atoms. The first kappa shape index (κ1) is 13.3. The number of carbonyl (C=O) groups excluding carboxylic acids is 1. The summed E-state index contributed by atoms with van der Waals surface area (Å²) in [6, 6.07) is 10.7. The van der Waals surface area contributed by atoms with Crippen molar-refractivity contribution in [3.05, 3.63) is 30.3 Å². The number of anilines is 1. The average Bonchev–Trinajstić information content (AvgIpc) is 2.84. The molecule has 2 atom stereocenters. The highest BCUT2D eigenvalue weighted by atomic mass is 16.6. The maximum atomic E-state index is 11.7. The highest BCUT2D eigenvalue weighted by Crippen LogP contribution is 2.46. The second-order valence-corrected chi connectivity index (χ2v) is 6.74. The van der Waals surface area contributed by atoms with Crippen LogP contribution in [0.3, 0.4) is 0 Å². The van der Waals surface area contributed by atoms with Gasteiger partial charge in [-0.1, -0.05) is 18.2 Å². The van der Waals surface area contributed by atoms with Crippen LogP contribution in [0.5, 0.6) is 0 Å². The van der Waals surface area contributed by atoms with Gasteiger partial charge in [-0.2, -0.15) is 0 Å². The van der Waals surface area contributed by atoms with E-state index in [0.717, 1.165) is 13.1 Å². The molecule has 1 N–H and O–H groups in total. The smallest absolute Gasteiger partial charge is 0.407 e. The van der Waals surface area contributed by atoms with E-state index in [9.17, 15) is 4.79 Å². The second kappa shape index (κ2) is 4.69. The van der Waals surface area contributed by atoms with Crippen LogP contribution >= 0.6 is 0 Å². The number of amides is 1. The van der Waals surface area contributed by atoms with Crippen LogP contribution in [0, 0.1) is 11.8 Å². The zero-order valence-corrected chi connectivity index (χ0v) is 12.3. The van der Waals surface area contributed by atoms with E-state index in [2.05, 4.69) is 34.5 Å². The van der Waals surface area contributed by atoms with Gasteiger partial charge in [-0.05, 0) is 32.9 Å². The van der Waals surface area contributed by atoms with Gasteiger partial charge in [-0.15, -0.1) is 0 Å². The Labute approximate surface area is 120 Å². The molecule has 1 aromatic carbocycles. The fourth-order valence-corrected chi connectivity index (χ4v) is 3.03. The summed E-state index contributed by atoms with van der Waals surface area (Å²) in [7, 11) is 0. The van der Waals surface area contributed by atoms with Crippen molar-refractivity contribution in [2.45, 2.75) is 32.4 Å². The molecule has 1 aromatic rings. The Morgan fingerprint density at radius 1 is 1.20 bits per heavy atom. The van der Waals surface area contributed by atoms with Crippen molar-refractivity contribution in [2.75, 3.05) is 18.0 Å². The predicted molar refractivity (Wildman–Crippen MR) is 78.8 cm³/mol. The summed E-state index contributed by atoms with van der Waals surface area (Å²) in [6.07, 6.45) is -0.289. The molecule has 0 aromatic heterocycles. The van der Waals surface area contributed by atoms with E-state index in [4.69, 9.17) is 4.74 Å². The third-order valence-corrected chi connectivity index (χ3v) is 4.00. The molecule has 1 aliphatic heterocycles. The number of rotatable bonds is 2. The molecule has 1 amide bonds. The maximum absolute atomic E-state index is 11.7. The summed E-state index contributed by atoms with van der Waals surface area (Å²) < 4.78 is 5.30. The van der Waals surface area contributed by atoms with E-state index in [1.165, 1.54) is 5.69 Å². The molecule has 2 fully saturated rings. The Bertz CT molecular complexity index is 483. The molecule has 1 saturated heterocycles. The zero-order chi connectivity index (χ0) is 14.3. The molecule has 1 saturated carbocycles. The third-order valence-electron chi connectivity index (χ3n) is 4.00. The van der Waals surface area contributed by atoms with E-state index in [0.29, 0.717) is 17.9 Å². The van der Waals surface area contributed by atoms with Crippen molar-refractivity contribution in [3.63, 3.8) is 0 Å². The quantitative estimate of drug-likeness (QED) is 0.901. The number of nitrogens with zero attached hydrogens (tertiary/aromatic N) is 1. The molecule has 0 spiro atoms. The lowest BCUT2D eigenvalue weighted by atomic mass is 10.2. The minimum absolute atomic E-state index is 0.289. The number of ether oxygens (including phenoxy) is 1. The Morgan fingerprint density at radius 3 is 2.35 bits per heavy atom. The van der Waals surface area contributed by atoms with Gasteiger partial charge in [-0.3, -0.25) is 0 Å². The minimum Gasteiger partial charge on any atom is -0.444 e. The van der Waals surface area contributed by atoms with Gasteiger partial charge in [0.25, 0.3) is 0 Å². The number of benzene rings is 1. The number of piperidine rings is 1. The predicted octanol–water partition coefficient (Wildman–Crippen LogP) is 2.65. The molecule has 1 aliphatic carbocycles. The topological polar surface area (TPSA) is 41.6 Å². The Balaban J connectivity index is 1.49. The highest BCUT2D eigenvalue weighted by molar-refractivity contribution is 5.69. The van der Waals surface area contributed by atoms with Gasteiger partial charge >= 0.3 is 6.09 Å². The molecule has 2 aliphatic rings. The maximum Gasteiger partial charge on any atom is 0.407 e. The van der Waals surface area contributed by atoms with E-state index in [1.807, 2.05) is 26.8 Å². The van der Waals surface area contributed by atoms with Crippen LogP contribution in [-0.2, 0) is 4.74 Å². The first-order chi connectivity index (χ1) is 9.44. The lowest BCUT2D eigenvalue weighted by Crippen LogP contribution is -2.38. The third kappa shape index (κ3) is 2.74. The van der Waals surface area contributed by atoms with Crippen molar-refractivity contribution in [1.82, 2.24) is 5.32 Å². The Kier molecular flexibility index (Phi) is 3.11. The second-order valence-electron chi connectivity index (χ2n) is 6.74. The van der Waals surface area contributed by atoms with Crippen LogP contribution in [0.1, 0.15) is 20.8 Å². The first-order valence-electron chi connectivity index (χ1n) is 7.23. The van der Waals surface area contributed by atoms with E-state index in [-0.39, 0.29) is 6.09 Å². The van der Waals surface area contributed by atoms with Crippen LogP contribution in [-0.4, -0.2) is 30.8 Å². The van der Waals surface area contributed by atoms with Gasteiger partial charge in [0, 0.05) is 36.7 Å². The molecule has 3 rings (SSSR count). The zero-order valence-electron chi connectivity index (χ0n) is 12.3. The summed E-state index contributed by atoms with van der Waals surface area (Å²) in [5, 5.41) is 3.00. The van der Waals surface area contributed by atoms with Crippen LogP contribution in [0.2, 0.25) is 0 Å². The largest absolute Gasteiger partial charge is 0.444 e. The average molecular weight is 274 g/mol. The lowest BCUT2D eigenvalue weighted by Gasteiger charge is -2.23. The van der Waals surface area contributed by atoms with E-state index < -0.39 is 5.60 Å². The summed E-state index contributed by atoms with van der Waals surface area (Å²) in [6.45, 7) is 7.70. The number of para-hydroxylation sites is 1. The van der Waals surface area contributed by atoms with Crippen molar-refractivity contribution in [1.29, 1.82) is 0 Å². The number of alkyl carbamates (subject to hydrolysis) is 1. The number of hydrogen-bond acceptors (Lipinski definition) is 3. The van der Waals surface area contributed by atoms with Gasteiger partial charge in [0.2, 0.25) is 0 Å². The van der Waals surface area contributed by atoms with Crippen LogP contribution in [0.25, 0.3) is 0 Å². The van der Waals surface area contributed by atoms with Crippen LogP contribution in [0.15, 0.2) is 30.3 Å². The molecular formula is C16H22N2O2. The fraction of sp³-hybridized carbons (Fsp3) is 0.562. The standard InChI is InChI=1S/C16H22N2O2/c1-16(2,3)20-15(19)17-14-12-9-18(10-13(12)14)11-7-5-4-6-8-11/h4-8,12-14H,9-10H2,1-3H3,(H,17,19). The van der Waals surface area contributed by atoms with Gasteiger partial charge < -0.3 is 15.0 Å². The monoisotopic (exact) mass is 274 g/mol.